The van der Waals surface area contributed by atoms with Gasteiger partial charge in [0.25, 0.3) is 0 Å². The third-order valence-electron chi connectivity index (χ3n) is 4.60. The van der Waals surface area contributed by atoms with Crippen LogP contribution < -0.4 is 10.6 Å². The molecule has 0 saturated carbocycles. The first kappa shape index (κ1) is 22.1. The van der Waals surface area contributed by atoms with Crippen molar-refractivity contribution in [3.63, 3.8) is 0 Å². The maximum absolute atomic E-state index is 11.8. The third-order valence-corrected chi connectivity index (χ3v) is 7.61. The number of hydrogen-bond acceptors (Lipinski definition) is 6. The van der Waals surface area contributed by atoms with E-state index >= 15 is 0 Å². The number of rotatable bonds is 13. The lowest BCUT2D eigenvalue weighted by atomic mass is 10.1. The van der Waals surface area contributed by atoms with Gasteiger partial charge in [0.1, 0.15) is 0 Å². The highest BCUT2D eigenvalue weighted by atomic mass is 33.1. The first-order chi connectivity index (χ1) is 13.1. The molecular weight excluding hydrogens is 380 g/mol. The molecule has 27 heavy (non-hydrogen) atoms. The van der Waals surface area contributed by atoms with E-state index < -0.39 is 0 Å². The SMILES string of the molecule is O=C1C=CC(=O)C(NCCCCCCNC(=O)CCCCC2CCSS2)=C1. The summed E-state index contributed by atoms with van der Waals surface area (Å²) in [6.45, 7) is 1.42. The average Bonchev–Trinajstić information content (AvgIpc) is 3.17. The van der Waals surface area contributed by atoms with Crippen molar-refractivity contribution in [3.8, 4) is 0 Å². The van der Waals surface area contributed by atoms with Crippen LogP contribution in [0.15, 0.2) is 23.9 Å². The highest BCUT2D eigenvalue weighted by molar-refractivity contribution is 8.77. The summed E-state index contributed by atoms with van der Waals surface area (Å²) in [5.41, 5.74) is 0.389. The Morgan fingerprint density at radius 1 is 1.04 bits per heavy atom. The molecular formula is C20H30N2O3S2. The second-order valence-electron chi connectivity index (χ2n) is 6.92. The van der Waals surface area contributed by atoms with E-state index in [-0.39, 0.29) is 17.5 Å². The quantitative estimate of drug-likeness (QED) is 0.275. The molecule has 150 valence electrons. The molecule has 0 radical (unpaired) electrons. The largest absolute Gasteiger partial charge is 0.382 e. The zero-order valence-electron chi connectivity index (χ0n) is 15.8. The van der Waals surface area contributed by atoms with Crippen LogP contribution in [0.1, 0.15) is 57.8 Å². The Bertz CT molecular complexity index is 570. The van der Waals surface area contributed by atoms with Crippen LogP contribution in [0.2, 0.25) is 0 Å². The van der Waals surface area contributed by atoms with E-state index in [1.807, 2.05) is 21.6 Å². The van der Waals surface area contributed by atoms with Gasteiger partial charge in [-0.05, 0) is 44.3 Å². The number of hydrogen-bond donors (Lipinski definition) is 2. The molecule has 1 aliphatic heterocycles. The molecule has 0 aromatic carbocycles. The molecule has 5 nitrogen and oxygen atoms in total. The molecule has 0 aromatic rings. The summed E-state index contributed by atoms with van der Waals surface area (Å²) in [6.07, 6.45) is 13.3. The maximum atomic E-state index is 11.8. The summed E-state index contributed by atoms with van der Waals surface area (Å²) >= 11 is 0. The van der Waals surface area contributed by atoms with Crippen LogP contribution in [-0.4, -0.2) is 41.6 Å². The topological polar surface area (TPSA) is 75.3 Å². The zero-order valence-corrected chi connectivity index (χ0v) is 17.5. The molecule has 7 heteroatoms. The van der Waals surface area contributed by atoms with Crippen LogP contribution in [0.5, 0.6) is 0 Å². The van der Waals surface area contributed by atoms with Crippen molar-refractivity contribution >= 4 is 39.1 Å². The van der Waals surface area contributed by atoms with Crippen LogP contribution in [0, 0.1) is 0 Å². The molecule has 0 bridgehead atoms. The van der Waals surface area contributed by atoms with Crippen LogP contribution >= 0.6 is 21.6 Å². The molecule has 1 saturated heterocycles. The Hall–Kier alpha value is -1.21. The first-order valence-corrected chi connectivity index (χ1v) is 12.3. The van der Waals surface area contributed by atoms with Gasteiger partial charge in [0.2, 0.25) is 11.7 Å². The highest BCUT2D eigenvalue weighted by Gasteiger charge is 2.15. The number of amides is 1. The molecule has 0 spiro atoms. The number of carbonyl (C=O) groups excluding carboxylic acids is 3. The van der Waals surface area contributed by atoms with Gasteiger partial charge in [0, 0.05) is 36.6 Å². The fourth-order valence-corrected chi connectivity index (χ4v) is 6.04. The van der Waals surface area contributed by atoms with Crippen LogP contribution in [0.25, 0.3) is 0 Å². The lowest BCUT2D eigenvalue weighted by Crippen LogP contribution is -2.24. The number of allylic oxidation sites excluding steroid dienone is 3. The summed E-state index contributed by atoms with van der Waals surface area (Å²) in [5.74, 6) is 1.16. The highest BCUT2D eigenvalue weighted by Crippen LogP contribution is 2.39. The van der Waals surface area contributed by atoms with E-state index in [2.05, 4.69) is 10.6 Å². The van der Waals surface area contributed by atoms with Gasteiger partial charge in [-0.3, -0.25) is 14.4 Å². The van der Waals surface area contributed by atoms with Crippen molar-refractivity contribution in [2.75, 3.05) is 18.8 Å². The number of ketones is 2. The fraction of sp³-hybridized carbons (Fsp3) is 0.650. The number of unbranched alkanes of at least 4 members (excludes halogenated alkanes) is 4. The normalized spacial score (nSPS) is 19.3. The molecule has 1 fully saturated rings. The first-order valence-electron chi connectivity index (χ1n) is 9.92. The Labute approximate surface area is 170 Å². The molecule has 1 aliphatic carbocycles. The summed E-state index contributed by atoms with van der Waals surface area (Å²) in [5, 5.41) is 6.83. The summed E-state index contributed by atoms with van der Waals surface area (Å²) in [6, 6.07) is 0. The molecule has 2 N–H and O–H groups in total. The molecule has 1 amide bonds. The van der Waals surface area contributed by atoms with E-state index in [1.165, 1.54) is 36.8 Å². The third kappa shape index (κ3) is 9.51. The molecule has 1 atom stereocenters. The molecule has 1 unspecified atom stereocenters. The summed E-state index contributed by atoms with van der Waals surface area (Å²) < 4.78 is 0. The van der Waals surface area contributed by atoms with E-state index in [4.69, 9.17) is 0 Å². The zero-order chi connectivity index (χ0) is 19.3. The van der Waals surface area contributed by atoms with Crippen molar-refractivity contribution in [2.24, 2.45) is 0 Å². The minimum atomic E-state index is -0.149. The molecule has 0 aromatic heterocycles. The van der Waals surface area contributed by atoms with E-state index in [0.717, 1.165) is 50.3 Å². The smallest absolute Gasteiger partial charge is 0.219 e. The van der Waals surface area contributed by atoms with Gasteiger partial charge in [-0.2, -0.15) is 0 Å². The van der Waals surface area contributed by atoms with E-state index in [9.17, 15) is 14.4 Å². The van der Waals surface area contributed by atoms with Gasteiger partial charge in [0.15, 0.2) is 5.78 Å². The van der Waals surface area contributed by atoms with Crippen molar-refractivity contribution in [2.45, 2.75) is 63.0 Å². The van der Waals surface area contributed by atoms with Gasteiger partial charge < -0.3 is 10.6 Å². The Balaban J connectivity index is 1.37. The maximum Gasteiger partial charge on any atom is 0.219 e. The van der Waals surface area contributed by atoms with Crippen molar-refractivity contribution in [1.82, 2.24) is 10.6 Å². The van der Waals surface area contributed by atoms with E-state index in [1.54, 1.807) is 0 Å². The van der Waals surface area contributed by atoms with Gasteiger partial charge in [-0.1, -0.05) is 40.9 Å². The Morgan fingerprint density at radius 3 is 2.63 bits per heavy atom. The lowest BCUT2D eigenvalue weighted by molar-refractivity contribution is -0.121. The van der Waals surface area contributed by atoms with Gasteiger partial charge >= 0.3 is 0 Å². The molecule has 2 aliphatic rings. The Kier molecular flexibility index (Phi) is 10.7. The summed E-state index contributed by atoms with van der Waals surface area (Å²) in [4.78, 5) is 34.6. The van der Waals surface area contributed by atoms with Gasteiger partial charge in [-0.15, -0.1) is 0 Å². The van der Waals surface area contributed by atoms with Gasteiger partial charge in [-0.25, -0.2) is 0 Å². The second-order valence-corrected chi connectivity index (χ2v) is 9.71. The van der Waals surface area contributed by atoms with Gasteiger partial charge in [0.05, 0.1) is 5.70 Å². The fourth-order valence-electron chi connectivity index (χ4n) is 3.01. The standard InChI is InChI=1S/C20H30N2O3S2/c23-16-9-10-19(24)18(15-16)21-12-5-1-2-6-13-22-20(25)8-4-3-7-17-11-14-26-27-17/h9-10,15,17,21H,1-8,11-14H2,(H,22,25). The second kappa shape index (κ2) is 13.0. The van der Waals surface area contributed by atoms with Crippen molar-refractivity contribution in [1.29, 1.82) is 0 Å². The van der Waals surface area contributed by atoms with Crippen molar-refractivity contribution in [3.05, 3.63) is 23.9 Å². The molecule has 2 rings (SSSR count). The predicted octanol–water partition coefficient (Wildman–Crippen LogP) is 3.56. The monoisotopic (exact) mass is 410 g/mol. The average molecular weight is 411 g/mol. The Morgan fingerprint density at radius 2 is 1.85 bits per heavy atom. The predicted molar refractivity (Wildman–Crippen MR) is 114 cm³/mol. The van der Waals surface area contributed by atoms with Crippen LogP contribution in [0.4, 0.5) is 0 Å². The number of carbonyl (C=O) groups is 3. The number of nitrogens with one attached hydrogen (secondary N) is 2. The van der Waals surface area contributed by atoms with Crippen LogP contribution in [-0.2, 0) is 14.4 Å². The summed E-state index contributed by atoms with van der Waals surface area (Å²) in [7, 11) is 3.98. The minimum absolute atomic E-state index is 0.141. The van der Waals surface area contributed by atoms with E-state index in [0.29, 0.717) is 18.7 Å². The lowest BCUT2D eigenvalue weighted by Gasteiger charge is -2.10. The molecule has 1 heterocycles. The minimum Gasteiger partial charge on any atom is -0.382 e. The van der Waals surface area contributed by atoms with Crippen LogP contribution in [0.3, 0.4) is 0 Å². The van der Waals surface area contributed by atoms with Crippen molar-refractivity contribution < 1.29 is 14.4 Å².